The van der Waals surface area contributed by atoms with Gasteiger partial charge in [0.25, 0.3) is 0 Å². The van der Waals surface area contributed by atoms with Crippen LogP contribution in [0.25, 0.3) is 0 Å². The van der Waals surface area contributed by atoms with Crippen molar-refractivity contribution < 1.29 is 4.74 Å². The fourth-order valence-corrected chi connectivity index (χ4v) is 2.25. The van der Waals surface area contributed by atoms with Crippen LogP contribution in [0.5, 0.6) is 0 Å². The van der Waals surface area contributed by atoms with Crippen LogP contribution in [0.15, 0.2) is 22.7 Å². The molecule has 0 aliphatic heterocycles. The molecule has 0 saturated carbocycles. The molecule has 2 N–H and O–H groups in total. The number of halogens is 2. The van der Waals surface area contributed by atoms with Crippen LogP contribution < -0.4 is 10.6 Å². The molecule has 5 heteroatoms. The van der Waals surface area contributed by atoms with Crippen molar-refractivity contribution in [2.75, 3.05) is 26.8 Å². The zero-order valence-electron chi connectivity index (χ0n) is 10.8. The average molecular weight is 336 g/mol. The summed E-state index contributed by atoms with van der Waals surface area (Å²) < 4.78 is 5.98. The van der Waals surface area contributed by atoms with E-state index in [9.17, 15) is 0 Å². The summed E-state index contributed by atoms with van der Waals surface area (Å²) >= 11 is 9.55. The van der Waals surface area contributed by atoms with Crippen LogP contribution >= 0.6 is 27.5 Å². The smallest absolute Gasteiger partial charge is 0.0587 e. The highest BCUT2D eigenvalue weighted by atomic mass is 79.9. The summed E-state index contributed by atoms with van der Waals surface area (Å²) in [7, 11) is 1.71. The van der Waals surface area contributed by atoms with Crippen LogP contribution in [0.2, 0.25) is 5.02 Å². The number of methoxy groups -OCH3 is 1. The molecule has 0 amide bonds. The van der Waals surface area contributed by atoms with Gasteiger partial charge in [0.15, 0.2) is 0 Å². The van der Waals surface area contributed by atoms with Crippen LogP contribution in [-0.2, 0) is 11.3 Å². The molecule has 0 saturated heterocycles. The van der Waals surface area contributed by atoms with Crippen molar-refractivity contribution in [2.45, 2.75) is 19.5 Å². The third kappa shape index (κ3) is 6.16. The Morgan fingerprint density at radius 2 is 2.22 bits per heavy atom. The lowest BCUT2D eigenvalue weighted by atomic mass is 10.2. The molecule has 3 nitrogen and oxygen atoms in total. The Balaban J connectivity index is 2.27. The van der Waals surface area contributed by atoms with E-state index in [1.165, 1.54) is 0 Å². The van der Waals surface area contributed by atoms with Crippen LogP contribution in [0.1, 0.15) is 12.5 Å². The summed E-state index contributed by atoms with van der Waals surface area (Å²) in [5.41, 5.74) is 1.11. The lowest BCUT2D eigenvalue weighted by Crippen LogP contribution is -2.37. The molecule has 0 aliphatic carbocycles. The van der Waals surface area contributed by atoms with Gasteiger partial charge in [-0.3, -0.25) is 0 Å². The summed E-state index contributed by atoms with van der Waals surface area (Å²) in [6.07, 6.45) is 0. The van der Waals surface area contributed by atoms with E-state index in [1.54, 1.807) is 7.11 Å². The Hall–Kier alpha value is -0.130. The van der Waals surface area contributed by atoms with Gasteiger partial charge in [0.1, 0.15) is 0 Å². The molecule has 0 bridgehead atoms. The predicted octanol–water partition coefficient (Wildman–Crippen LogP) is 2.82. The Morgan fingerprint density at radius 3 is 2.89 bits per heavy atom. The van der Waals surface area contributed by atoms with Gasteiger partial charge in [-0.25, -0.2) is 0 Å². The van der Waals surface area contributed by atoms with Crippen molar-refractivity contribution in [3.63, 3.8) is 0 Å². The molecule has 1 aromatic rings. The Kier molecular flexibility index (Phi) is 7.86. The van der Waals surface area contributed by atoms with Crippen molar-refractivity contribution in [3.05, 3.63) is 33.3 Å². The first-order chi connectivity index (χ1) is 8.63. The van der Waals surface area contributed by atoms with Crippen LogP contribution in [0, 0.1) is 0 Å². The van der Waals surface area contributed by atoms with Gasteiger partial charge in [-0.15, -0.1) is 0 Å². The minimum atomic E-state index is 0.390. The highest BCUT2D eigenvalue weighted by Crippen LogP contribution is 2.21. The fraction of sp³-hybridized carbons (Fsp3) is 0.538. The van der Waals surface area contributed by atoms with Crippen LogP contribution in [0.3, 0.4) is 0 Å². The zero-order valence-corrected chi connectivity index (χ0v) is 13.1. The number of benzene rings is 1. The molecule has 18 heavy (non-hydrogen) atoms. The Bertz CT molecular complexity index is 363. The zero-order chi connectivity index (χ0) is 13.4. The molecule has 0 aliphatic rings. The molecule has 1 aromatic carbocycles. The quantitative estimate of drug-likeness (QED) is 0.717. The lowest BCUT2D eigenvalue weighted by molar-refractivity contribution is 0.198. The Labute approximate surface area is 122 Å². The fourth-order valence-electron chi connectivity index (χ4n) is 1.51. The molecular weight excluding hydrogens is 316 g/mol. The van der Waals surface area contributed by atoms with E-state index < -0.39 is 0 Å². The second-order valence-corrected chi connectivity index (χ2v) is 5.54. The van der Waals surface area contributed by atoms with E-state index in [0.717, 1.165) is 41.3 Å². The van der Waals surface area contributed by atoms with Crippen molar-refractivity contribution in [2.24, 2.45) is 0 Å². The van der Waals surface area contributed by atoms with E-state index in [1.807, 2.05) is 18.2 Å². The summed E-state index contributed by atoms with van der Waals surface area (Å²) in [5.74, 6) is 0. The molecule has 0 spiro atoms. The van der Waals surface area contributed by atoms with Gasteiger partial charge in [-0.1, -0.05) is 33.6 Å². The van der Waals surface area contributed by atoms with E-state index in [0.29, 0.717) is 6.04 Å². The highest BCUT2D eigenvalue weighted by Gasteiger charge is 2.04. The van der Waals surface area contributed by atoms with E-state index in [-0.39, 0.29) is 0 Å². The second-order valence-electron chi connectivity index (χ2n) is 4.21. The number of hydrogen-bond acceptors (Lipinski definition) is 3. The first-order valence-corrected chi connectivity index (χ1v) is 7.17. The number of ether oxygens (including phenoxy) is 1. The first-order valence-electron chi connectivity index (χ1n) is 6.00. The van der Waals surface area contributed by atoms with Gasteiger partial charge < -0.3 is 15.4 Å². The second kappa shape index (κ2) is 8.88. The largest absolute Gasteiger partial charge is 0.383 e. The Morgan fingerprint density at radius 1 is 1.44 bits per heavy atom. The van der Waals surface area contributed by atoms with Gasteiger partial charge in [0.05, 0.1) is 6.61 Å². The maximum Gasteiger partial charge on any atom is 0.0587 e. The maximum atomic E-state index is 6.16. The van der Waals surface area contributed by atoms with Crippen LogP contribution in [0.4, 0.5) is 0 Å². The van der Waals surface area contributed by atoms with E-state index in [4.69, 9.17) is 16.3 Å². The molecule has 102 valence electrons. The van der Waals surface area contributed by atoms with Gasteiger partial charge in [0.2, 0.25) is 0 Å². The standard InChI is InChI=1S/C13H20BrClN2O/c1-10(8-16-5-6-18-2)17-9-11-3-4-12(14)7-13(11)15/h3-4,7,10,16-17H,5-6,8-9H2,1-2H3. The molecule has 1 unspecified atom stereocenters. The van der Waals surface area contributed by atoms with Crippen molar-refractivity contribution in [1.29, 1.82) is 0 Å². The third-order valence-electron chi connectivity index (χ3n) is 2.59. The van der Waals surface area contributed by atoms with Crippen LogP contribution in [-0.4, -0.2) is 32.8 Å². The minimum Gasteiger partial charge on any atom is -0.383 e. The summed E-state index contributed by atoms with van der Waals surface area (Å²) in [6, 6.07) is 6.34. The summed E-state index contributed by atoms with van der Waals surface area (Å²) in [6.45, 7) is 5.45. The van der Waals surface area contributed by atoms with Gasteiger partial charge in [-0.05, 0) is 24.6 Å². The molecule has 0 aromatic heterocycles. The maximum absolute atomic E-state index is 6.16. The molecule has 1 atom stereocenters. The van der Waals surface area contributed by atoms with Crippen molar-refractivity contribution >= 4 is 27.5 Å². The lowest BCUT2D eigenvalue weighted by Gasteiger charge is -2.15. The monoisotopic (exact) mass is 334 g/mol. The summed E-state index contributed by atoms with van der Waals surface area (Å²) in [5, 5.41) is 7.54. The van der Waals surface area contributed by atoms with Crippen molar-refractivity contribution in [1.82, 2.24) is 10.6 Å². The molecule has 0 fully saturated rings. The van der Waals surface area contributed by atoms with Crippen molar-refractivity contribution in [3.8, 4) is 0 Å². The third-order valence-corrected chi connectivity index (χ3v) is 3.43. The molecule has 1 rings (SSSR count). The number of hydrogen-bond donors (Lipinski definition) is 2. The molecule has 0 heterocycles. The number of nitrogens with one attached hydrogen (secondary N) is 2. The topological polar surface area (TPSA) is 33.3 Å². The molecular formula is C13H20BrClN2O. The SMILES string of the molecule is COCCNCC(C)NCc1ccc(Br)cc1Cl. The average Bonchev–Trinajstić information content (AvgIpc) is 2.33. The van der Waals surface area contributed by atoms with Gasteiger partial charge >= 0.3 is 0 Å². The van der Waals surface area contributed by atoms with Gasteiger partial charge in [0, 0.05) is 42.3 Å². The van der Waals surface area contributed by atoms with E-state index >= 15 is 0 Å². The number of rotatable bonds is 8. The predicted molar refractivity (Wildman–Crippen MR) is 80.2 cm³/mol. The normalized spacial score (nSPS) is 12.7. The van der Waals surface area contributed by atoms with E-state index in [2.05, 4.69) is 33.5 Å². The minimum absolute atomic E-state index is 0.390. The highest BCUT2D eigenvalue weighted by molar-refractivity contribution is 9.10. The first kappa shape index (κ1) is 15.9. The van der Waals surface area contributed by atoms with Gasteiger partial charge in [-0.2, -0.15) is 0 Å². The summed E-state index contributed by atoms with van der Waals surface area (Å²) in [4.78, 5) is 0. The molecule has 0 radical (unpaired) electrons.